The number of benzene rings is 14. The van der Waals surface area contributed by atoms with Crippen LogP contribution >= 0.6 is 34.3 Å². The molecule has 444 valence electrons. The first-order valence-corrected chi connectivity index (χ1v) is 33.5. The summed E-state index contributed by atoms with van der Waals surface area (Å²) in [7, 11) is 0. The number of aromatic nitrogens is 6. The van der Waals surface area contributed by atoms with Crippen molar-refractivity contribution in [2.75, 3.05) is 0 Å². The molecule has 11 heteroatoms. The summed E-state index contributed by atoms with van der Waals surface area (Å²) >= 11 is 9.96. The Balaban J connectivity index is 0.000000108. The summed E-state index contributed by atoms with van der Waals surface area (Å²) in [6.45, 7) is 0. The van der Waals surface area contributed by atoms with Crippen LogP contribution in [0.4, 0.5) is 0 Å². The fourth-order valence-corrected chi connectivity index (χ4v) is 17.4. The molecule has 0 radical (unpaired) electrons. The molecule has 0 spiro atoms. The number of nitrogens with one attached hydrogen (secondary N) is 1. The maximum Gasteiger partial charge on any atom is 0.236 e. The molecule has 0 aliphatic carbocycles. The van der Waals surface area contributed by atoms with Crippen LogP contribution in [0.15, 0.2) is 288 Å². The monoisotopic (exact) mass is 1270 g/mol. The zero-order chi connectivity index (χ0) is 62.4. The van der Waals surface area contributed by atoms with E-state index in [0.717, 1.165) is 71.6 Å². The van der Waals surface area contributed by atoms with E-state index in [0.29, 0.717) is 22.8 Å². The Morgan fingerprint density at radius 3 is 1.42 bits per heavy atom. The number of H-pyrrole nitrogens is 1. The van der Waals surface area contributed by atoms with Crippen molar-refractivity contribution < 1.29 is 8.83 Å². The molecule has 1 N–H and O–H groups in total. The molecule has 0 saturated carbocycles. The van der Waals surface area contributed by atoms with Crippen molar-refractivity contribution in [1.29, 1.82) is 0 Å². The predicted octanol–water partition coefficient (Wildman–Crippen LogP) is 24.5. The van der Waals surface area contributed by atoms with Gasteiger partial charge in [0.15, 0.2) is 11.2 Å². The maximum atomic E-state index is 6.53. The van der Waals surface area contributed by atoms with Gasteiger partial charge in [0.1, 0.15) is 33.6 Å². The van der Waals surface area contributed by atoms with Crippen LogP contribution in [0.25, 0.3) is 200 Å². The molecule has 8 aromatic heterocycles. The Kier molecular flexibility index (Phi) is 12.0. The zero-order valence-electron chi connectivity index (χ0n) is 50.3. The van der Waals surface area contributed by atoms with E-state index in [2.05, 4.69) is 238 Å². The molecule has 0 bridgehead atoms. The molecule has 0 unspecified atom stereocenters. The fraction of sp³-hybridized carbons (Fsp3) is 0. The van der Waals surface area contributed by atoms with Gasteiger partial charge in [0.2, 0.25) is 11.2 Å². The van der Waals surface area contributed by atoms with Gasteiger partial charge in [-0.2, -0.15) is 0 Å². The van der Waals surface area contributed by atoms with Crippen LogP contribution in [-0.4, -0.2) is 29.5 Å². The van der Waals surface area contributed by atoms with Crippen molar-refractivity contribution >= 4 is 205 Å². The smallest absolute Gasteiger partial charge is 0.236 e. The Morgan fingerprint density at radius 2 is 0.800 bits per heavy atom. The SMILES string of the molecule is Clc1nc(-c2ccc3ccccc3c2)c2oc3ccccc3c2n1.c1ccc2c(c1)[nH]c1c3ccccc3c3c4ccccc4sc3c21.c1ccc2cc(-c3nc(-n4c5ccccc5c5c6sc7ccccc7c6c6ccccc6c54)nc4c3oc3ccccc34)ccc2c1. The standard InChI is InChI=1S/C42H23N3OS.C22H13NS.C20H11ClN2O/c1-2-12-25-23-26(22-21-24(25)11-1)37-40-38(30-16-6-9-19-33(30)46-40)44-42(43-37)45-32-18-8-5-15-29(32)36-39(45)28-14-4-3-13-27(28)35-31-17-7-10-20-34(31)47-41(35)36;1-2-8-14-13(7-1)19-16-10-4-6-12-18(16)24-22(19)20-15-9-3-5-11-17(15)23-21(14)20;21-20-22-17(14-10-9-12-5-1-2-6-13(12)11-14)19-18(23-20)15-7-3-4-8-16(15)24-19/h1-23H;1-12,23H;1-11H. The van der Waals surface area contributed by atoms with Gasteiger partial charge in [-0.05, 0) is 105 Å². The molecule has 0 aliphatic rings. The first kappa shape index (κ1) is 53.8. The number of hydrogen-bond donors (Lipinski definition) is 1. The first-order valence-electron chi connectivity index (χ1n) is 31.5. The third kappa shape index (κ3) is 8.31. The molecule has 0 fully saturated rings. The van der Waals surface area contributed by atoms with E-state index < -0.39 is 0 Å². The van der Waals surface area contributed by atoms with Crippen LogP contribution < -0.4 is 0 Å². The second-order valence-corrected chi connectivity index (χ2v) is 26.5. The van der Waals surface area contributed by atoms with E-state index >= 15 is 0 Å². The molecule has 0 amide bonds. The molecule has 0 saturated heterocycles. The van der Waals surface area contributed by atoms with Crippen molar-refractivity contribution in [2.45, 2.75) is 0 Å². The molecule has 14 aromatic carbocycles. The number of nitrogens with zero attached hydrogens (tertiary/aromatic N) is 5. The van der Waals surface area contributed by atoms with E-state index in [-0.39, 0.29) is 5.28 Å². The summed E-state index contributed by atoms with van der Waals surface area (Å²) in [6, 6.07) is 97.7. The van der Waals surface area contributed by atoms with Crippen LogP contribution in [0.1, 0.15) is 0 Å². The van der Waals surface area contributed by atoms with Gasteiger partial charge in [-0.3, -0.25) is 4.57 Å². The largest absolute Gasteiger partial charge is 0.452 e. The minimum absolute atomic E-state index is 0.220. The number of hydrogen-bond acceptors (Lipinski definition) is 8. The van der Waals surface area contributed by atoms with E-state index in [1.807, 2.05) is 83.3 Å². The summed E-state index contributed by atoms with van der Waals surface area (Å²) in [5.41, 5.74) is 12.6. The predicted molar refractivity (Wildman–Crippen MR) is 400 cm³/mol. The highest BCUT2D eigenvalue weighted by Gasteiger charge is 2.26. The van der Waals surface area contributed by atoms with Gasteiger partial charge in [0.05, 0.1) is 16.6 Å². The van der Waals surface area contributed by atoms with Gasteiger partial charge in [-0.15, -0.1) is 22.7 Å². The second kappa shape index (κ2) is 21.1. The minimum atomic E-state index is 0.220. The molecule has 0 aliphatic heterocycles. The molecule has 8 nitrogen and oxygen atoms in total. The third-order valence-corrected chi connectivity index (χ3v) is 21.3. The molecule has 8 heterocycles. The van der Waals surface area contributed by atoms with Crippen molar-refractivity contribution in [3.8, 4) is 28.5 Å². The van der Waals surface area contributed by atoms with Crippen LogP contribution in [0.2, 0.25) is 5.28 Å². The lowest BCUT2D eigenvalue weighted by Crippen LogP contribution is -2.03. The van der Waals surface area contributed by atoms with Gasteiger partial charge < -0.3 is 13.8 Å². The average molecular weight is 1270 g/mol. The van der Waals surface area contributed by atoms with Crippen LogP contribution in [0.5, 0.6) is 0 Å². The number of fused-ring (bicyclic) bond motifs is 28. The van der Waals surface area contributed by atoms with Crippen LogP contribution in [-0.2, 0) is 0 Å². The van der Waals surface area contributed by atoms with Gasteiger partial charge in [0, 0.05) is 100 Å². The Bertz CT molecular complexity index is 6970. The highest BCUT2D eigenvalue weighted by atomic mass is 35.5. The number of aromatic amines is 1. The summed E-state index contributed by atoms with van der Waals surface area (Å²) in [4.78, 5) is 23.2. The van der Waals surface area contributed by atoms with Crippen LogP contribution in [0.3, 0.4) is 0 Å². The Hall–Kier alpha value is -11.8. The Labute approximate surface area is 552 Å². The molecule has 0 atom stereocenters. The molecule has 22 aromatic rings. The highest BCUT2D eigenvalue weighted by molar-refractivity contribution is 7.27. The van der Waals surface area contributed by atoms with Crippen molar-refractivity contribution in [3.05, 3.63) is 284 Å². The number of para-hydroxylation sites is 4. The fourth-order valence-electron chi connectivity index (χ4n) is 14.6. The summed E-state index contributed by atoms with van der Waals surface area (Å²) in [5.74, 6) is 0.629. The third-order valence-electron chi connectivity index (χ3n) is 18.8. The quantitative estimate of drug-likeness (QED) is 0.177. The number of halogens is 1. The van der Waals surface area contributed by atoms with Gasteiger partial charge in [-0.25, -0.2) is 19.9 Å². The average Bonchev–Trinajstić information content (AvgIpc) is 1.56. The molecule has 95 heavy (non-hydrogen) atoms. The van der Waals surface area contributed by atoms with E-state index in [1.165, 1.54) is 105 Å². The minimum Gasteiger partial charge on any atom is -0.452 e. The van der Waals surface area contributed by atoms with Crippen molar-refractivity contribution in [1.82, 2.24) is 29.5 Å². The molecule has 22 rings (SSSR count). The van der Waals surface area contributed by atoms with Crippen LogP contribution in [0, 0.1) is 0 Å². The zero-order valence-corrected chi connectivity index (χ0v) is 52.7. The van der Waals surface area contributed by atoms with Crippen molar-refractivity contribution in [3.63, 3.8) is 0 Å². The maximum absolute atomic E-state index is 6.53. The topological polar surface area (TPSA) is 98.6 Å². The lowest BCUT2D eigenvalue weighted by Gasteiger charge is -2.12. The molecular weight excluding hydrogens is 1220 g/mol. The number of rotatable bonds is 3. The lowest BCUT2D eigenvalue weighted by atomic mass is 10.00. The van der Waals surface area contributed by atoms with E-state index in [9.17, 15) is 0 Å². The van der Waals surface area contributed by atoms with E-state index in [1.54, 1.807) is 0 Å². The number of furan rings is 2. The first-order chi connectivity index (χ1) is 47.0. The summed E-state index contributed by atoms with van der Waals surface area (Å²) in [6.07, 6.45) is 0. The number of thiophene rings is 2. The highest BCUT2D eigenvalue weighted by Crippen LogP contribution is 2.50. The Morgan fingerprint density at radius 1 is 0.347 bits per heavy atom. The second-order valence-electron chi connectivity index (χ2n) is 24.1. The summed E-state index contributed by atoms with van der Waals surface area (Å²) in [5, 5.41) is 22.3. The molecular formula is C84H47ClN6O2S2. The van der Waals surface area contributed by atoms with Gasteiger partial charge in [0.25, 0.3) is 0 Å². The normalized spacial score (nSPS) is 12.1. The lowest BCUT2D eigenvalue weighted by molar-refractivity contribution is 0.666. The summed E-state index contributed by atoms with van der Waals surface area (Å²) < 4.78 is 20.2. The van der Waals surface area contributed by atoms with Crippen molar-refractivity contribution in [2.24, 2.45) is 0 Å². The van der Waals surface area contributed by atoms with E-state index in [4.69, 9.17) is 30.4 Å². The van der Waals surface area contributed by atoms with Gasteiger partial charge in [-0.1, -0.05) is 218 Å². The van der Waals surface area contributed by atoms with Gasteiger partial charge >= 0.3 is 0 Å².